The number of allylic oxidation sites excluding steroid dienone is 8. The summed E-state index contributed by atoms with van der Waals surface area (Å²) in [4.78, 5) is 37.6. The highest BCUT2D eigenvalue weighted by atomic mass is 16.3. The highest BCUT2D eigenvalue weighted by Crippen LogP contribution is 2.43. The molecule has 0 aliphatic heterocycles. The molecule has 4 rings (SSSR count). The van der Waals surface area contributed by atoms with Crippen molar-refractivity contribution in [2.75, 3.05) is 0 Å². The van der Waals surface area contributed by atoms with E-state index >= 15 is 0 Å². The normalized spacial score (nSPS) is 39.2. The van der Waals surface area contributed by atoms with Gasteiger partial charge >= 0.3 is 0 Å². The van der Waals surface area contributed by atoms with Gasteiger partial charge in [-0.1, -0.05) is 18.2 Å². The van der Waals surface area contributed by atoms with E-state index in [-0.39, 0.29) is 64.4 Å². The molecule has 0 aromatic heterocycles. The van der Waals surface area contributed by atoms with Crippen LogP contribution < -0.4 is 11.5 Å². The van der Waals surface area contributed by atoms with Crippen molar-refractivity contribution in [3.8, 4) is 0 Å². The minimum absolute atomic E-state index is 0.00558. The van der Waals surface area contributed by atoms with Gasteiger partial charge in [0.2, 0.25) is 0 Å². The van der Waals surface area contributed by atoms with Gasteiger partial charge < -0.3 is 16.6 Å². The third kappa shape index (κ3) is 3.55. The molecule has 3 saturated carbocycles. The van der Waals surface area contributed by atoms with Gasteiger partial charge in [0.05, 0.1) is 11.1 Å². The topological polar surface area (TPSA) is 123 Å². The lowest BCUT2D eigenvalue weighted by Crippen LogP contribution is -2.34. The summed E-state index contributed by atoms with van der Waals surface area (Å²) in [5.74, 6) is -0.879. The molecule has 0 radical (unpaired) electrons. The number of aliphatic hydroxyl groups excluding tert-OH is 1. The Morgan fingerprint density at radius 3 is 2.00 bits per heavy atom. The van der Waals surface area contributed by atoms with Crippen LogP contribution in [0.1, 0.15) is 38.5 Å². The fourth-order valence-electron chi connectivity index (χ4n) is 5.37. The van der Waals surface area contributed by atoms with Crippen molar-refractivity contribution in [3.63, 3.8) is 0 Å². The zero-order valence-electron chi connectivity index (χ0n) is 16.4. The number of nitrogens with two attached hydrogens (primary N) is 2. The van der Waals surface area contributed by atoms with E-state index in [2.05, 4.69) is 0 Å². The Morgan fingerprint density at radius 1 is 0.724 bits per heavy atom. The van der Waals surface area contributed by atoms with Crippen LogP contribution in [0.15, 0.2) is 47.3 Å². The predicted octanol–water partition coefficient (Wildman–Crippen LogP) is 2.06. The maximum atomic E-state index is 12.5. The van der Waals surface area contributed by atoms with Gasteiger partial charge in [-0.05, 0) is 50.7 Å². The number of aliphatic hydroxyl groups is 1. The van der Waals surface area contributed by atoms with Crippen molar-refractivity contribution in [2.24, 2.45) is 35.1 Å². The number of carbonyl (C=O) groups is 3. The molecular formula is C23H28N2O4. The SMILES string of the molecule is NC1CCC2C(=O)C(=CC=CC=CC3=C(O)C4CC(N)CCC4C3=O)C(=O)C2C1. The maximum Gasteiger partial charge on any atom is 0.170 e. The molecule has 0 spiro atoms. The summed E-state index contributed by atoms with van der Waals surface area (Å²) in [6, 6.07) is 0.0229. The van der Waals surface area contributed by atoms with Crippen LogP contribution >= 0.6 is 0 Å². The van der Waals surface area contributed by atoms with Gasteiger partial charge in [0.25, 0.3) is 0 Å². The third-order valence-corrected chi connectivity index (χ3v) is 6.96. The zero-order valence-corrected chi connectivity index (χ0v) is 16.4. The highest BCUT2D eigenvalue weighted by Gasteiger charge is 2.47. The summed E-state index contributed by atoms with van der Waals surface area (Å²) in [5, 5.41) is 10.4. The monoisotopic (exact) mass is 396 g/mol. The van der Waals surface area contributed by atoms with Crippen molar-refractivity contribution in [2.45, 2.75) is 50.6 Å². The fraction of sp³-hybridized carbons (Fsp3) is 0.522. The molecule has 0 aromatic rings. The second-order valence-electron chi connectivity index (χ2n) is 8.79. The Hall–Kier alpha value is -2.31. The van der Waals surface area contributed by atoms with Crippen LogP contribution in [-0.4, -0.2) is 34.5 Å². The van der Waals surface area contributed by atoms with Gasteiger partial charge in [-0.15, -0.1) is 0 Å². The molecule has 6 unspecified atom stereocenters. The average Bonchev–Trinajstić information content (AvgIpc) is 3.07. The molecule has 4 aliphatic carbocycles. The van der Waals surface area contributed by atoms with Gasteiger partial charge in [-0.25, -0.2) is 0 Å². The van der Waals surface area contributed by atoms with Crippen LogP contribution in [0.3, 0.4) is 0 Å². The molecule has 154 valence electrons. The lowest BCUT2D eigenvalue weighted by molar-refractivity contribution is -0.120. The first kappa shape index (κ1) is 20.0. The number of hydrogen-bond donors (Lipinski definition) is 3. The second-order valence-corrected chi connectivity index (χ2v) is 8.79. The number of carbonyl (C=O) groups excluding carboxylic acids is 3. The summed E-state index contributed by atoms with van der Waals surface area (Å²) in [6.07, 6.45) is 12.3. The van der Waals surface area contributed by atoms with E-state index in [0.717, 1.165) is 12.8 Å². The Balaban J connectivity index is 1.44. The number of hydrogen-bond acceptors (Lipinski definition) is 6. The van der Waals surface area contributed by atoms with E-state index in [9.17, 15) is 19.5 Å². The molecule has 3 fully saturated rings. The molecule has 0 aromatic carbocycles. The Kier molecular flexibility index (Phi) is 5.40. The highest BCUT2D eigenvalue weighted by molar-refractivity contribution is 6.27. The van der Waals surface area contributed by atoms with Gasteiger partial charge in [0.1, 0.15) is 5.76 Å². The van der Waals surface area contributed by atoms with Gasteiger partial charge in [0.15, 0.2) is 17.3 Å². The molecule has 6 atom stereocenters. The first-order valence-electron chi connectivity index (χ1n) is 10.5. The van der Waals surface area contributed by atoms with E-state index in [1.165, 1.54) is 0 Å². The largest absolute Gasteiger partial charge is 0.511 e. The lowest BCUT2D eigenvalue weighted by atomic mass is 9.78. The number of fused-ring (bicyclic) bond motifs is 2. The summed E-state index contributed by atoms with van der Waals surface area (Å²) < 4.78 is 0. The van der Waals surface area contributed by atoms with Crippen molar-refractivity contribution in [1.82, 2.24) is 0 Å². The van der Waals surface area contributed by atoms with E-state index in [1.807, 2.05) is 0 Å². The van der Waals surface area contributed by atoms with Gasteiger partial charge in [0, 0.05) is 35.8 Å². The van der Waals surface area contributed by atoms with Crippen molar-refractivity contribution >= 4 is 17.3 Å². The fourth-order valence-corrected chi connectivity index (χ4v) is 5.37. The average molecular weight is 396 g/mol. The van der Waals surface area contributed by atoms with Crippen LogP contribution in [0.5, 0.6) is 0 Å². The summed E-state index contributed by atoms with van der Waals surface area (Å²) >= 11 is 0. The van der Waals surface area contributed by atoms with E-state index in [4.69, 9.17) is 11.5 Å². The molecule has 0 bridgehead atoms. The predicted molar refractivity (Wildman–Crippen MR) is 109 cm³/mol. The molecule has 6 nitrogen and oxygen atoms in total. The lowest BCUT2D eigenvalue weighted by Gasteiger charge is -2.28. The van der Waals surface area contributed by atoms with Crippen LogP contribution in [0, 0.1) is 23.7 Å². The Bertz CT molecular complexity index is 866. The van der Waals surface area contributed by atoms with Crippen molar-refractivity contribution in [1.29, 1.82) is 0 Å². The van der Waals surface area contributed by atoms with Crippen LogP contribution in [0.2, 0.25) is 0 Å². The van der Waals surface area contributed by atoms with Crippen molar-refractivity contribution < 1.29 is 19.5 Å². The zero-order chi connectivity index (χ0) is 20.7. The second kappa shape index (κ2) is 7.84. The molecule has 0 amide bonds. The Labute approximate surface area is 170 Å². The third-order valence-electron chi connectivity index (χ3n) is 6.96. The van der Waals surface area contributed by atoms with Crippen LogP contribution in [0.25, 0.3) is 0 Å². The smallest absolute Gasteiger partial charge is 0.170 e. The maximum absolute atomic E-state index is 12.5. The van der Waals surface area contributed by atoms with Gasteiger partial charge in [-0.3, -0.25) is 14.4 Å². The first-order valence-corrected chi connectivity index (χ1v) is 10.5. The van der Waals surface area contributed by atoms with E-state index < -0.39 is 0 Å². The standard InChI is InChI=1S/C23H28N2O4/c24-12-6-8-14-18(10-12)22(28)16(20(14)26)4-2-1-3-5-17-21(27)15-9-7-13(25)11-19(15)23(17)29/h1-5,12-15,18-19,28H,6-11,24-25H2. The molecule has 4 aliphatic rings. The molecule has 5 N–H and O–H groups in total. The number of rotatable bonds is 3. The first-order chi connectivity index (χ1) is 13.9. The van der Waals surface area contributed by atoms with Gasteiger partial charge in [-0.2, -0.15) is 0 Å². The summed E-state index contributed by atoms with van der Waals surface area (Å²) in [6.45, 7) is 0. The minimum Gasteiger partial charge on any atom is -0.511 e. The summed E-state index contributed by atoms with van der Waals surface area (Å²) in [5.41, 5.74) is 12.5. The van der Waals surface area contributed by atoms with Crippen molar-refractivity contribution in [3.05, 3.63) is 47.3 Å². The van der Waals surface area contributed by atoms with Crippen LogP contribution in [0.4, 0.5) is 0 Å². The van der Waals surface area contributed by atoms with E-state index in [0.29, 0.717) is 31.3 Å². The molecule has 0 saturated heterocycles. The molecular weight excluding hydrogens is 368 g/mol. The summed E-state index contributed by atoms with van der Waals surface area (Å²) in [7, 11) is 0. The Morgan fingerprint density at radius 2 is 1.31 bits per heavy atom. The van der Waals surface area contributed by atoms with E-state index in [1.54, 1.807) is 30.4 Å². The quantitative estimate of drug-likeness (QED) is 0.381. The molecule has 6 heteroatoms. The number of ketones is 3. The number of Topliss-reactive ketones (excluding diaryl/α,β-unsaturated/α-hetero) is 3. The molecule has 29 heavy (non-hydrogen) atoms. The van der Waals surface area contributed by atoms with Crippen LogP contribution in [-0.2, 0) is 14.4 Å². The molecule has 0 heterocycles. The minimum atomic E-state index is -0.269.